The van der Waals surface area contributed by atoms with Gasteiger partial charge in [0.25, 0.3) is 0 Å². The molecule has 2 nitrogen and oxygen atoms in total. The van der Waals surface area contributed by atoms with Crippen LogP contribution in [0.15, 0.2) is 0 Å². The van der Waals surface area contributed by atoms with Gasteiger partial charge in [0.15, 0.2) is 0 Å². The van der Waals surface area contributed by atoms with Gasteiger partial charge in [-0.1, -0.05) is 0 Å². The van der Waals surface area contributed by atoms with E-state index in [1.54, 1.807) is 0 Å². The first kappa shape index (κ1) is 8.52. The lowest BCUT2D eigenvalue weighted by Gasteiger charge is -2.26. The SMILES string of the molecule is CN1CCCC2(CCCO2)CC1. The second kappa shape index (κ2) is 3.35. The van der Waals surface area contributed by atoms with Gasteiger partial charge in [0.2, 0.25) is 0 Å². The molecule has 0 aromatic carbocycles. The van der Waals surface area contributed by atoms with Crippen molar-refractivity contribution in [1.82, 2.24) is 4.90 Å². The maximum Gasteiger partial charge on any atom is 0.0696 e. The van der Waals surface area contributed by atoms with Crippen molar-refractivity contribution in [2.45, 2.75) is 37.7 Å². The molecule has 0 amide bonds. The van der Waals surface area contributed by atoms with Gasteiger partial charge in [0.1, 0.15) is 0 Å². The lowest BCUT2D eigenvalue weighted by atomic mass is 9.92. The molecule has 0 bridgehead atoms. The van der Waals surface area contributed by atoms with E-state index in [9.17, 15) is 0 Å². The van der Waals surface area contributed by atoms with Crippen LogP contribution in [-0.2, 0) is 4.74 Å². The largest absolute Gasteiger partial charge is 0.375 e. The third-order valence-corrected chi connectivity index (χ3v) is 3.31. The Morgan fingerprint density at radius 1 is 1.08 bits per heavy atom. The van der Waals surface area contributed by atoms with Crippen molar-refractivity contribution in [2.75, 3.05) is 26.7 Å². The third kappa shape index (κ3) is 1.64. The van der Waals surface area contributed by atoms with Crippen LogP contribution in [0.1, 0.15) is 32.1 Å². The van der Waals surface area contributed by atoms with E-state index in [1.165, 1.54) is 45.2 Å². The fourth-order valence-electron chi connectivity index (χ4n) is 2.45. The number of hydrogen-bond acceptors (Lipinski definition) is 2. The van der Waals surface area contributed by atoms with Crippen LogP contribution < -0.4 is 0 Å². The van der Waals surface area contributed by atoms with Gasteiger partial charge in [-0.3, -0.25) is 0 Å². The first-order chi connectivity index (χ1) is 5.81. The highest BCUT2D eigenvalue weighted by molar-refractivity contribution is 4.87. The topological polar surface area (TPSA) is 12.5 Å². The average Bonchev–Trinajstić information content (AvgIpc) is 2.42. The van der Waals surface area contributed by atoms with Crippen LogP contribution in [0.5, 0.6) is 0 Å². The maximum atomic E-state index is 5.88. The Labute approximate surface area is 74.9 Å². The monoisotopic (exact) mass is 169 g/mol. The van der Waals surface area contributed by atoms with Crippen LogP contribution in [0.4, 0.5) is 0 Å². The van der Waals surface area contributed by atoms with E-state index < -0.39 is 0 Å². The molecular formula is C10H19NO. The molecule has 1 unspecified atom stereocenters. The predicted octanol–water partition coefficient (Wildman–Crippen LogP) is 1.65. The van der Waals surface area contributed by atoms with Crippen molar-refractivity contribution in [3.8, 4) is 0 Å². The minimum atomic E-state index is 0.296. The van der Waals surface area contributed by atoms with E-state index in [0.717, 1.165) is 6.61 Å². The summed E-state index contributed by atoms with van der Waals surface area (Å²) in [5.74, 6) is 0. The molecule has 0 aromatic rings. The van der Waals surface area contributed by atoms with Crippen molar-refractivity contribution in [3.05, 3.63) is 0 Å². The van der Waals surface area contributed by atoms with E-state index >= 15 is 0 Å². The molecule has 2 aliphatic rings. The minimum Gasteiger partial charge on any atom is -0.375 e. The molecular weight excluding hydrogens is 150 g/mol. The zero-order valence-corrected chi connectivity index (χ0v) is 8.01. The summed E-state index contributed by atoms with van der Waals surface area (Å²) in [4.78, 5) is 2.43. The first-order valence-corrected chi connectivity index (χ1v) is 5.13. The molecule has 0 aliphatic carbocycles. The molecule has 0 saturated carbocycles. The Kier molecular flexibility index (Phi) is 2.37. The van der Waals surface area contributed by atoms with Crippen molar-refractivity contribution in [1.29, 1.82) is 0 Å². The Balaban J connectivity index is 1.97. The standard InChI is InChI=1S/C10H19NO/c1-11-7-2-4-10(6-8-11)5-3-9-12-10/h2-9H2,1H3. The van der Waals surface area contributed by atoms with Crippen molar-refractivity contribution >= 4 is 0 Å². The number of likely N-dealkylation sites (tertiary alicyclic amines) is 1. The molecule has 2 heterocycles. The van der Waals surface area contributed by atoms with Gasteiger partial charge in [0, 0.05) is 13.2 Å². The normalized spacial score (nSPS) is 38.8. The molecule has 0 radical (unpaired) electrons. The lowest BCUT2D eigenvalue weighted by molar-refractivity contribution is -0.00682. The third-order valence-electron chi connectivity index (χ3n) is 3.31. The van der Waals surface area contributed by atoms with Gasteiger partial charge in [-0.25, -0.2) is 0 Å². The van der Waals surface area contributed by atoms with Gasteiger partial charge in [-0.05, 0) is 45.7 Å². The summed E-state index contributed by atoms with van der Waals surface area (Å²) in [6, 6.07) is 0. The van der Waals surface area contributed by atoms with Crippen molar-refractivity contribution in [2.24, 2.45) is 0 Å². The Morgan fingerprint density at radius 2 is 1.92 bits per heavy atom. The summed E-state index contributed by atoms with van der Waals surface area (Å²) < 4.78 is 5.88. The van der Waals surface area contributed by atoms with E-state index in [-0.39, 0.29) is 0 Å². The van der Waals surface area contributed by atoms with E-state index in [4.69, 9.17) is 4.74 Å². The van der Waals surface area contributed by atoms with E-state index in [2.05, 4.69) is 11.9 Å². The fraction of sp³-hybridized carbons (Fsp3) is 1.00. The number of hydrogen-bond donors (Lipinski definition) is 0. The first-order valence-electron chi connectivity index (χ1n) is 5.13. The summed E-state index contributed by atoms with van der Waals surface area (Å²) >= 11 is 0. The highest BCUT2D eigenvalue weighted by Crippen LogP contribution is 2.35. The number of rotatable bonds is 0. The summed E-state index contributed by atoms with van der Waals surface area (Å²) in [5.41, 5.74) is 0.296. The molecule has 0 aromatic heterocycles. The molecule has 12 heavy (non-hydrogen) atoms. The molecule has 2 aliphatic heterocycles. The second-order valence-corrected chi connectivity index (χ2v) is 4.29. The Morgan fingerprint density at radius 3 is 2.67 bits per heavy atom. The predicted molar refractivity (Wildman–Crippen MR) is 49.3 cm³/mol. The molecule has 2 saturated heterocycles. The van der Waals surface area contributed by atoms with Gasteiger partial charge in [-0.15, -0.1) is 0 Å². The minimum absolute atomic E-state index is 0.296. The van der Waals surface area contributed by atoms with Gasteiger partial charge in [-0.2, -0.15) is 0 Å². The number of nitrogens with zero attached hydrogens (tertiary/aromatic N) is 1. The summed E-state index contributed by atoms with van der Waals surface area (Å²) in [6.07, 6.45) is 6.45. The van der Waals surface area contributed by atoms with Crippen molar-refractivity contribution < 1.29 is 4.74 Å². The molecule has 1 atom stereocenters. The summed E-state index contributed by atoms with van der Waals surface area (Å²) in [7, 11) is 2.22. The van der Waals surface area contributed by atoms with Crippen LogP contribution in [0, 0.1) is 0 Å². The quantitative estimate of drug-likeness (QED) is 0.546. The highest BCUT2D eigenvalue weighted by Gasteiger charge is 2.35. The molecule has 0 N–H and O–H groups in total. The Hall–Kier alpha value is -0.0800. The lowest BCUT2D eigenvalue weighted by Crippen LogP contribution is -2.29. The Bertz CT molecular complexity index is 152. The van der Waals surface area contributed by atoms with Crippen LogP contribution >= 0.6 is 0 Å². The zero-order chi connectivity index (χ0) is 8.44. The highest BCUT2D eigenvalue weighted by atomic mass is 16.5. The summed E-state index contributed by atoms with van der Waals surface area (Å²) in [6.45, 7) is 3.48. The number of ether oxygens (including phenoxy) is 1. The van der Waals surface area contributed by atoms with Gasteiger partial charge >= 0.3 is 0 Å². The average molecular weight is 169 g/mol. The molecule has 2 heteroatoms. The second-order valence-electron chi connectivity index (χ2n) is 4.29. The van der Waals surface area contributed by atoms with E-state index in [1.807, 2.05) is 0 Å². The molecule has 2 fully saturated rings. The smallest absolute Gasteiger partial charge is 0.0696 e. The zero-order valence-electron chi connectivity index (χ0n) is 8.01. The molecule has 70 valence electrons. The van der Waals surface area contributed by atoms with Crippen LogP contribution in [0.2, 0.25) is 0 Å². The van der Waals surface area contributed by atoms with Crippen molar-refractivity contribution in [3.63, 3.8) is 0 Å². The van der Waals surface area contributed by atoms with E-state index in [0.29, 0.717) is 5.60 Å². The van der Waals surface area contributed by atoms with Gasteiger partial charge in [0.05, 0.1) is 5.60 Å². The van der Waals surface area contributed by atoms with Gasteiger partial charge < -0.3 is 9.64 Å². The van der Waals surface area contributed by atoms with Crippen LogP contribution in [0.3, 0.4) is 0 Å². The van der Waals surface area contributed by atoms with Crippen LogP contribution in [-0.4, -0.2) is 37.2 Å². The molecule has 1 spiro atoms. The fourth-order valence-corrected chi connectivity index (χ4v) is 2.45. The van der Waals surface area contributed by atoms with Crippen LogP contribution in [0.25, 0.3) is 0 Å². The summed E-state index contributed by atoms with van der Waals surface area (Å²) in [5, 5.41) is 0. The molecule has 2 rings (SSSR count). The maximum absolute atomic E-state index is 5.88.